The van der Waals surface area contributed by atoms with E-state index in [1.54, 1.807) is 6.92 Å². The van der Waals surface area contributed by atoms with Crippen LogP contribution in [0.25, 0.3) is 0 Å². The lowest BCUT2D eigenvalue weighted by atomic mass is 9.77. The van der Waals surface area contributed by atoms with Gasteiger partial charge in [-0.2, -0.15) is 0 Å². The molecule has 2 aliphatic rings. The molecule has 4 rings (SSSR count). The lowest BCUT2D eigenvalue weighted by Gasteiger charge is -2.48. The highest BCUT2D eigenvalue weighted by Crippen LogP contribution is 2.51. The number of carbonyl (C=O) groups excluding carboxylic acids is 1. The maximum absolute atomic E-state index is 15.3. The van der Waals surface area contributed by atoms with E-state index in [0.29, 0.717) is 18.7 Å². The summed E-state index contributed by atoms with van der Waals surface area (Å²) < 4.78 is 55.4. The molecule has 3 heterocycles. The van der Waals surface area contributed by atoms with Crippen LogP contribution in [-0.2, 0) is 22.0 Å². The van der Waals surface area contributed by atoms with Crippen LogP contribution in [0.2, 0.25) is 0 Å². The molecular formula is C23H27F2N5O3S. The van der Waals surface area contributed by atoms with Crippen molar-refractivity contribution in [3.05, 3.63) is 65.0 Å². The number of benzene rings is 1. The maximum Gasteiger partial charge on any atom is 0.247 e. The third-order valence-corrected chi connectivity index (χ3v) is 9.72. The molecule has 34 heavy (non-hydrogen) atoms. The summed E-state index contributed by atoms with van der Waals surface area (Å²) in [6, 6.07) is 6.56. The number of nitrogens with two attached hydrogens (primary N) is 1. The first-order valence-corrected chi connectivity index (χ1v) is 12.4. The van der Waals surface area contributed by atoms with Gasteiger partial charge in [-0.1, -0.05) is 13.0 Å². The second-order valence-corrected chi connectivity index (χ2v) is 11.2. The molecule has 1 aromatic heterocycles. The molecule has 11 heteroatoms. The van der Waals surface area contributed by atoms with E-state index in [1.165, 1.54) is 31.3 Å². The van der Waals surface area contributed by atoms with Crippen LogP contribution in [-0.4, -0.2) is 65.8 Å². The first-order valence-electron chi connectivity index (χ1n) is 10.9. The molecule has 2 N–H and O–H groups in total. The minimum Gasteiger partial charge on any atom is -0.369 e. The molecule has 1 spiro atoms. The number of pyridine rings is 1. The molecule has 182 valence electrons. The summed E-state index contributed by atoms with van der Waals surface area (Å²) in [5, 5.41) is 0. The smallest absolute Gasteiger partial charge is 0.247 e. The van der Waals surface area contributed by atoms with E-state index in [4.69, 9.17) is 5.73 Å². The van der Waals surface area contributed by atoms with Gasteiger partial charge >= 0.3 is 0 Å². The zero-order chi connectivity index (χ0) is 24.9. The Kier molecular flexibility index (Phi) is 5.97. The fourth-order valence-corrected chi connectivity index (χ4v) is 7.12. The maximum atomic E-state index is 15.3. The lowest BCUT2D eigenvalue weighted by molar-refractivity contribution is 0.0988. The van der Waals surface area contributed by atoms with Gasteiger partial charge in [-0.25, -0.2) is 26.5 Å². The topological polar surface area (TPSA) is 109 Å². The van der Waals surface area contributed by atoms with Gasteiger partial charge in [0, 0.05) is 25.6 Å². The Morgan fingerprint density at radius 2 is 1.97 bits per heavy atom. The number of nitrogens with zero attached hydrogens (tertiary/aromatic N) is 4. The summed E-state index contributed by atoms with van der Waals surface area (Å²) in [6.07, 6.45) is 1.08. The molecule has 1 aromatic carbocycles. The predicted molar refractivity (Wildman–Crippen MR) is 124 cm³/mol. The number of rotatable bonds is 5. The zero-order valence-corrected chi connectivity index (χ0v) is 20.1. The molecule has 2 atom stereocenters. The van der Waals surface area contributed by atoms with Crippen LogP contribution >= 0.6 is 0 Å². The number of hydrogen-bond donors (Lipinski definition) is 1. The van der Waals surface area contributed by atoms with Crippen molar-refractivity contribution < 1.29 is 22.0 Å². The Bertz CT molecular complexity index is 1270. The Morgan fingerprint density at radius 1 is 1.24 bits per heavy atom. The average Bonchev–Trinajstić information content (AvgIpc) is 3.26. The molecule has 1 fully saturated rings. The second-order valence-electron chi connectivity index (χ2n) is 8.90. The van der Waals surface area contributed by atoms with E-state index in [-0.39, 0.29) is 42.4 Å². The third-order valence-electron chi connectivity index (χ3n) is 7.09. The quantitative estimate of drug-likeness (QED) is 0.642. The van der Waals surface area contributed by atoms with Gasteiger partial charge in [0.1, 0.15) is 27.6 Å². The van der Waals surface area contributed by atoms with E-state index in [9.17, 15) is 17.6 Å². The fourth-order valence-electron chi connectivity index (χ4n) is 4.95. The van der Waals surface area contributed by atoms with Crippen LogP contribution in [0.15, 0.2) is 41.5 Å². The molecule has 0 aliphatic carbocycles. The molecule has 0 unspecified atom stereocenters. The van der Waals surface area contributed by atoms with Crippen molar-refractivity contribution in [3.63, 3.8) is 0 Å². The highest BCUT2D eigenvalue weighted by Gasteiger charge is 2.65. The normalized spacial score (nSPS) is 26.6. The summed E-state index contributed by atoms with van der Waals surface area (Å²) in [4.78, 5) is 23.0. The SMILES string of the molecule is CCN1CC[C@@]2(C1)[C@@](C)(c1cc(CC(=O)c3ccc(F)cn3)ccc1F)N=C(N)N(C)S2(=O)=O. The highest BCUT2D eigenvalue weighted by molar-refractivity contribution is 7.91. The van der Waals surface area contributed by atoms with Gasteiger partial charge in [-0.3, -0.25) is 9.78 Å². The number of aromatic nitrogens is 1. The van der Waals surface area contributed by atoms with Gasteiger partial charge in [0.05, 0.1) is 6.20 Å². The van der Waals surface area contributed by atoms with Crippen molar-refractivity contribution in [2.45, 2.75) is 37.0 Å². The largest absolute Gasteiger partial charge is 0.369 e. The highest BCUT2D eigenvalue weighted by atomic mass is 32.2. The van der Waals surface area contributed by atoms with E-state index >= 15 is 4.39 Å². The van der Waals surface area contributed by atoms with Gasteiger partial charge in [-0.05, 0) is 56.3 Å². The third kappa shape index (κ3) is 3.58. The van der Waals surface area contributed by atoms with Crippen LogP contribution in [0.3, 0.4) is 0 Å². The van der Waals surface area contributed by atoms with E-state index < -0.39 is 31.9 Å². The number of likely N-dealkylation sites (tertiary alicyclic amines) is 1. The number of guanidine groups is 1. The summed E-state index contributed by atoms with van der Waals surface area (Å²) in [5.74, 6) is -1.80. The van der Waals surface area contributed by atoms with E-state index in [1.807, 2.05) is 11.8 Å². The van der Waals surface area contributed by atoms with Crippen LogP contribution < -0.4 is 5.73 Å². The first-order chi connectivity index (χ1) is 15.9. The number of Topliss-reactive ketones (excluding diaryl/α,β-unsaturated/α-hetero) is 1. The second kappa shape index (κ2) is 8.38. The van der Waals surface area contributed by atoms with Crippen LogP contribution in [0.1, 0.15) is 41.9 Å². The van der Waals surface area contributed by atoms with Crippen molar-refractivity contribution in [3.8, 4) is 0 Å². The first kappa shape index (κ1) is 24.2. The minimum absolute atomic E-state index is 0.0578. The lowest BCUT2D eigenvalue weighted by Crippen LogP contribution is -2.66. The molecule has 2 aliphatic heterocycles. The van der Waals surface area contributed by atoms with Gasteiger partial charge in [0.15, 0.2) is 5.78 Å². The number of sulfonamides is 1. The Hall–Kier alpha value is -2.92. The Morgan fingerprint density at radius 3 is 2.59 bits per heavy atom. The number of carbonyl (C=O) groups is 1. The number of ketones is 1. The average molecular weight is 492 g/mol. The van der Waals surface area contributed by atoms with E-state index in [0.717, 1.165) is 16.6 Å². The van der Waals surface area contributed by atoms with Gasteiger partial charge in [-0.15, -0.1) is 0 Å². The van der Waals surface area contributed by atoms with Crippen molar-refractivity contribution in [2.75, 3.05) is 26.7 Å². The van der Waals surface area contributed by atoms with Crippen LogP contribution in [0.5, 0.6) is 0 Å². The Labute approximate surface area is 197 Å². The minimum atomic E-state index is -3.99. The van der Waals surface area contributed by atoms with Crippen molar-refractivity contribution >= 4 is 21.8 Å². The van der Waals surface area contributed by atoms with Crippen molar-refractivity contribution in [1.29, 1.82) is 0 Å². The fraction of sp³-hybridized carbons (Fsp3) is 0.435. The molecular weight excluding hydrogens is 464 g/mol. The molecule has 1 saturated heterocycles. The van der Waals surface area contributed by atoms with Crippen molar-refractivity contribution in [1.82, 2.24) is 14.2 Å². The molecule has 0 radical (unpaired) electrons. The molecule has 0 bridgehead atoms. The summed E-state index contributed by atoms with van der Waals surface area (Å²) in [6.45, 7) is 4.85. The molecule has 0 saturated carbocycles. The summed E-state index contributed by atoms with van der Waals surface area (Å²) >= 11 is 0. The molecule has 0 amide bonds. The number of hydrogen-bond acceptors (Lipinski definition) is 7. The Balaban J connectivity index is 1.81. The molecule has 2 aromatic rings. The monoisotopic (exact) mass is 491 g/mol. The number of halogens is 2. The standard InChI is InChI=1S/C23H27F2N5O3S/c1-4-30-10-9-23(14-30)22(2,28-21(26)29(3)34(23,32)33)17-11-15(5-7-18(17)25)12-20(31)19-8-6-16(24)13-27-19/h5-8,11,13H,4,9-10,12,14H2,1-3H3,(H2,26,28)/t22-,23-/m1/s1. The zero-order valence-electron chi connectivity index (χ0n) is 19.3. The van der Waals surface area contributed by atoms with Crippen LogP contribution in [0.4, 0.5) is 8.78 Å². The summed E-state index contributed by atoms with van der Waals surface area (Å²) in [5.41, 5.74) is 5.08. The van der Waals surface area contributed by atoms with Crippen LogP contribution in [0, 0.1) is 11.6 Å². The predicted octanol–water partition coefficient (Wildman–Crippen LogP) is 2.05. The number of aliphatic imine (C=N–C) groups is 1. The summed E-state index contributed by atoms with van der Waals surface area (Å²) in [7, 11) is -2.64. The molecule has 8 nitrogen and oxygen atoms in total. The van der Waals surface area contributed by atoms with E-state index in [2.05, 4.69) is 9.98 Å². The van der Waals surface area contributed by atoms with Crippen molar-refractivity contribution in [2.24, 2.45) is 10.7 Å². The van der Waals surface area contributed by atoms with Gasteiger partial charge < -0.3 is 10.6 Å². The van der Waals surface area contributed by atoms with Gasteiger partial charge in [0.25, 0.3) is 0 Å². The van der Waals surface area contributed by atoms with Gasteiger partial charge in [0.2, 0.25) is 16.0 Å².